The van der Waals surface area contributed by atoms with Crippen molar-refractivity contribution in [3.05, 3.63) is 32.7 Å². The third-order valence-electron chi connectivity index (χ3n) is 3.94. The van der Waals surface area contributed by atoms with Crippen molar-refractivity contribution < 1.29 is 4.79 Å². The van der Waals surface area contributed by atoms with Crippen LogP contribution in [0, 0.1) is 0 Å². The number of nitrogens with zero attached hydrogens (tertiary/aromatic N) is 2. The summed E-state index contributed by atoms with van der Waals surface area (Å²) in [5.74, 6) is 0.124. The fourth-order valence-electron chi connectivity index (χ4n) is 2.80. The molecule has 1 aromatic rings. The molecule has 1 fully saturated rings. The van der Waals surface area contributed by atoms with Gasteiger partial charge in [0.2, 0.25) is 0 Å². The highest BCUT2D eigenvalue weighted by Crippen LogP contribution is 2.25. The number of carbonyl (C=O) groups is 1. The van der Waals surface area contributed by atoms with E-state index in [1.54, 1.807) is 0 Å². The predicted molar refractivity (Wildman–Crippen MR) is 89.1 cm³/mol. The van der Waals surface area contributed by atoms with Gasteiger partial charge in [-0.2, -0.15) is 0 Å². The molecule has 1 aliphatic heterocycles. The van der Waals surface area contributed by atoms with E-state index in [9.17, 15) is 4.79 Å². The highest BCUT2D eigenvalue weighted by Gasteiger charge is 2.30. The maximum atomic E-state index is 12.6. The van der Waals surface area contributed by atoms with Crippen molar-refractivity contribution >= 4 is 37.8 Å². The van der Waals surface area contributed by atoms with Crippen molar-refractivity contribution in [1.82, 2.24) is 9.80 Å². The van der Waals surface area contributed by atoms with Crippen LogP contribution in [-0.2, 0) is 0 Å². The Morgan fingerprint density at radius 1 is 1.35 bits per heavy atom. The second-order valence-electron chi connectivity index (χ2n) is 5.04. The number of amides is 1. The quantitative estimate of drug-likeness (QED) is 0.763. The fourth-order valence-corrected chi connectivity index (χ4v) is 4.01. The smallest absolute Gasteiger partial charge is 0.255 e. The van der Waals surface area contributed by atoms with Crippen LogP contribution in [0.3, 0.4) is 0 Å². The molecule has 1 aliphatic rings. The van der Waals surface area contributed by atoms with E-state index in [0.29, 0.717) is 6.04 Å². The summed E-state index contributed by atoms with van der Waals surface area (Å²) in [6.07, 6.45) is 1.07. The lowest BCUT2D eigenvalue weighted by atomic mass is 10.2. The molecule has 5 heteroatoms. The first-order valence-electron chi connectivity index (χ1n) is 7.05. The Balaban J connectivity index is 2.08. The maximum Gasteiger partial charge on any atom is 0.255 e. The molecule has 0 aliphatic carbocycles. The van der Waals surface area contributed by atoms with Gasteiger partial charge in [-0.3, -0.25) is 9.69 Å². The number of hydrogen-bond acceptors (Lipinski definition) is 2. The minimum atomic E-state index is 0.124. The van der Waals surface area contributed by atoms with Crippen molar-refractivity contribution in [2.24, 2.45) is 0 Å². The van der Waals surface area contributed by atoms with E-state index in [4.69, 9.17) is 0 Å². The van der Waals surface area contributed by atoms with Gasteiger partial charge in [-0.1, -0.05) is 29.8 Å². The molecule has 3 nitrogen and oxygen atoms in total. The van der Waals surface area contributed by atoms with Crippen LogP contribution in [0.15, 0.2) is 27.1 Å². The molecular formula is C15H20Br2N2O. The van der Waals surface area contributed by atoms with Gasteiger partial charge < -0.3 is 4.90 Å². The SMILES string of the molecule is CCN(CC)C1CCN(C(=O)c2ccc(Br)cc2Br)C1. The number of rotatable bonds is 4. The molecule has 0 N–H and O–H groups in total. The molecule has 1 heterocycles. The number of hydrogen-bond donors (Lipinski definition) is 0. The highest BCUT2D eigenvalue weighted by molar-refractivity contribution is 9.11. The van der Waals surface area contributed by atoms with Gasteiger partial charge in [-0.15, -0.1) is 0 Å². The second kappa shape index (κ2) is 7.05. The molecule has 1 atom stereocenters. The molecule has 0 saturated carbocycles. The maximum absolute atomic E-state index is 12.6. The monoisotopic (exact) mass is 402 g/mol. The van der Waals surface area contributed by atoms with E-state index < -0.39 is 0 Å². The Bertz CT molecular complexity index is 489. The van der Waals surface area contributed by atoms with E-state index in [1.807, 2.05) is 23.1 Å². The Kier molecular flexibility index (Phi) is 5.64. The average molecular weight is 404 g/mol. The van der Waals surface area contributed by atoms with Crippen LogP contribution in [0.25, 0.3) is 0 Å². The average Bonchev–Trinajstić information content (AvgIpc) is 2.89. The first-order valence-corrected chi connectivity index (χ1v) is 8.63. The fraction of sp³-hybridized carbons (Fsp3) is 0.533. The van der Waals surface area contributed by atoms with E-state index in [1.165, 1.54) is 0 Å². The van der Waals surface area contributed by atoms with E-state index >= 15 is 0 Å². The second-order valence-corrected chi connectivity index (χ2v) is 6.81. The summed E-state index contributed by atoms with van der Waals surface area (Å²) < 4.78 is 1.83. The minimum absolute atomic E-state index is 0.124. The molecule has 1 unspecified atom stereocenters. The van der Waals surface area contributed by atoms with Crippen molar-refractivity contribution in [2.45, 2.75) is 26.3 Å². The van der Waals surface area contributed by atoms with E-state index in [0.717, 1.165) is 47.1 Å². The molecular weight excluding hydrogens is 384 g/mol. The first kappa shape index (κ1) is 16.0. The summed E-state index contributed by atoms with van der Waals surface area (Å²) in [5.41, 5.74) is 0.744. The van der Waals surface area contributed by atoms with Gasteiger partial charge in [-0.05, 0) is 53.6 Å². The summed E-state index contributed by atoms with van der Waals surface area (Å²) >= 11 is 6.89. The lowest BCUT2D eigenvalue weighted by Gasteiger charge is -2.26. The Hall–Kier alpha value is -0.390. The van der Waals surface area contributed by atoms with Crippen LogP contribution in [0.1, 0.15) is 30.6 Å². The van der Waals surface area contributed by atoms with Gasteiger partial charge in [0.15, 0.2) is 0 Å². The van der Waals surface area contributed by atoms with Crippen molar-refractivity contribution in [1.29, 1.82) is 0 Å². The topological polar surface area (TPSA) is 23.6 Å². The van der Waals surface area contributed by atoms with Gasteiger partial charge in [0.1, 0.15) is 0 Å². The molecule has 0 bridgehead atoms. The molecule has 20 heavy (non-hydrogen) atoms. The van der Waals surface area contributed by atoms with Gasteiger partial charge in [0.05, 0.1) is 5.56 Å². The van der Waals surface area contributed by atoms with Crippen LogP contribution >= 0.6 is 31.9 Å². The zero-order valence-corrected chi connectivity index (χ0v) is 15.1. The third-order valence-corrected chi connectivity index (χ3v) is 5.09. The lowest BCUT2D eigenvalue weighted by molar-refractivity contribution is 0.0777. The zero-order valence-electron chi connectivity index (χ0n) is 11.9. The molecule has 110 valence electrons. The van der Waals surface area contributed by atoms with Gasteiger partial charge in [-0.25, -0.2) is 0 Å². The summed E-state index contributed by atoms with van der Waals surface area (Å²) in [6.45, 7) is 8.14. The third kappa shape index (κ3) is 3.43. The summed E-state index contributed by atoms with van der Waals surface area (Å²) in [4.78, 5) is 17.0. The van der Waals surface area contributed by atoms with Crippen LogP contribution in [-0.4, -0.2) is 47.9 Å². The molecule has 0 spiro atoms. The molecule has 0 aromatic heterocycles. The van der Waals surface area contributed by atoms with Crippen LogP contribution < -0.4 is 0 Å². The van der Waals surface area contributed by atoms with Gasteiger partial charge in [0, 0.05) is 28.1 Å². The highest BCUT2D eigenvalue weighted by atomic mass is 79.9. The number of likely N-dealkylation sites (tertiary alicyclic amines) is 1. The molecule has 1 saturated heterocycles. The van der Waals surface area contributed by atoms with Crippen molar-refractivity contribution in [3.63, 3.8) is 0 Å². The standard InChI is InChI=1S/C15H20Br2N2O/c1-3-18(4-2)12-7-8-19(10-12)15(20)13-6-5-11(16)9-14(13)17/h5-6,9,12H,3-4,7-8,10H2,1-2H3. The van der Waals surface area contributed by atoms with Crippen molar-refractivity contribution in [2.75, 3.05) is 26.2 Å². The van der Waals surface area contributed by atoms with E-state index in [-0.39, 0.29) is 5.91 Å². The number of likely N-dealkylation sites (N-methyl/N-ethyl adjacent to an activating group) is 1. The Labute approximate surface area is 137 Å². The minimum Gasteiger partial charge on any atom is -0.337 e. The lowest BCUT2D eigenvalue weighted by Crippen LogP contribution is -2.38. The predicted octanol–water partition coefficient (Wildman–Crippen LogP) is 3.77. The molecule has 1 amide bonds. The van der Waals surface area contributed by atoms with Crippen LogP contribution in [0.5, 0.6) is 0 Å². The van der Waals surface area contributed by atoms with Crippen LogP contribution in [0.2, 0.25) is 0 Å². The largest absolute Gasteiger partial charge is 0.337 e. The number of carbonyl (C=O) groups excluding carboxylic acids is 1. The first-order chi connectivity index (χ1) is 9.56. The number of benzene rings is 1. The van der Waals surface area contributed by atoms with Gasteiger partial charge in [0.25, 0.3) is 5.91 Å². The Morgan fingerprint density at radius 3 is 2.65 bits per heavy atom. The molecule has 0 radical (unpaired) electrons. The summed E-state index contributed by atoms with van der Waals surface area (Å²) in [6, 6.07) is 6.21. The van der Waals surface area contributed by atoms with Crippen LogP contribution in [0.4, 0.5) is 0 Å². The Morgan fingerprint density at radius 2 is 2.05 bits per heavy atom. The van der Waals surface area contributed by atoms with E-state index in [2.05, 4.69) is 50.6 Å². The van der Waals surface area contributed by atoms with Gasteiger partial charge >= 0.3 is 0 Å². The normalized spacial score (nSPS) is 18.9. The number of halogens is 2. The zero-order chi connectivity index (χ0) is 14.7. The molecule has 2 rings (SSSR count). The summed E-state index contributed by atoms with van der Waals surface area (Å²) in [7, 11) is 0. The summed E-state index contributed by atoms with van der Waals surface area (Å²) in [5, 5.41) is 0. The van der Waals surface area contributed by atoms with Crippen molar-refractivity contribution in [3.8, 4) is 0 Å². The molecule has 1 aromatic carbocycles.